The van der Waals surface area contributed by atoms with Crippen molar-refractivity contribution < 1.29 is 9.53 Å². The predicted octanol–water partition coefficient (Wildman–Crippen LogP) is 5.70. The van der Waals surface area contributed by atoms with E-state index in [1.165, 1.54) is 0 Å². The van der Waals surface area contributed by atoms with Gasteiger partial charge >= 0.3 is 0 Å². The van der Waals surface area contributed by atoms with Gasteiger partial charge in [-0.25, -0.2) is 0 Å². The summed E-state index contributed by atoms with van der Waals surface area (Å²) in [6.07, 6.45) is 4.68. The molecule has 1 fully saturated rings. The Kier molecular flexibility index (Phi) is 5.56. The maximum Gasteiger partial charge on any atom is 0.289 e. The molecule has 2 heterocycles. The van der Waals surface area contributed by atoms with Crippen molar-refractivity contribution >= 4 is 35.2 Å². The Bertz CT molecular complexity index is 1030. The molecule has 0 saturated carbocycles. The van der Waals surface area contributed by atoms with E-state index in [4.69, 9.17) is 27.9 Å². The van der Waals surface area contributed by atoms with Crippen molar-refractivity contribution in [3.8, 4) is 0 Å². The van der Waals surface area contributed by atoms with Gasteiger partial charge in [0, 0.05) is 29.5 Å². The van der Waals surface area contributed by atoms with Crippen molar-refractivity contribution in [1.29, 1.82) is 0 Å². The van der Waals surface area contributed by atoms with E-state index in [2.05, 4.69) is 4.98 Å². The van der Waals surface area contributed by atoms with Crippen LogP contribution in [0.2, 0.25) is 10.0 Å². The number of pyridine rings is 1. The first-order valence-electron chi connectivity index (χ1n) is 9.09. The Morgan fingerprint density at radius 1 is 0.966 bits per heavy atom. The monoisotopic (exact) mass is 424 g/mol. The number of amides is 1. The molecule has 0 spiro atoms. The third kappa shape index (κ3) is 4.14. The van der Waals surface area contributed by atoms with Crippen LogP contribution in [0.3, 0.4) is 0 Å². The zero-order chi connectivity index (χ0) is 20.4. The van der Waals surface area contributed by atoms with Gasteiger partial charge in [0.15, 0.2) is 5.76 Å². The molecule has 1 saturated heterocycles. The highest BCUT2D eigenvalue weighted by Crippen LogP contribution is 2.43. The van der Waals surface area contributed by atoms with Gasteiger partial charge in [0.2, 0.25) is 0 Å². The molecule has 6 heteroatoms. The van der Waals surface area contributed by atoms with Crippen LogP contribution in [0.4, 0.5) is 0 Å². The van der Waals surface area contributed by atoms with E-state index >= 15 is 0 Å². The first-order valence-corrected chi connectivity index (χ1v) is 9.85. The van der Waals surface area contributed by atoms with E-state index in [0.717, 1.165) is 16.7 Å². The molecule has 2 aromatic carbocycles. The number of carbonyl (C=O) groups is 1. The highest BCUT2D eigenvalue weighted by Gasteiger charge is 2.40. The number of carbonyl (C=O) groups excluding carboxylic acids is 1. The highest BCUT2D eigenvalue weighted by atomic mass is 35.5. The molecule has 1 aliphatic heterocycles. The zero-order valence-electron chi connectivity index (χ0n) is 15.6. The Hall–Kier alpha value is -2.82. The number of morpholine rings is 1. The molecule has 0 unspecified atom stereocenters. The molecule has 1 amide bonds. The van der Waals surface area contributed by atoms with E-state index in [9.17, 15) is 4.79 Å². The van der Waals surface area contributed by atoms with Crippen molar-refractivity contribution in [1.82, 2.24) is 9.88 Å². The molecule has 1 aliphatic rings. The number of rotatable bonds is 3. The molecule has 4 nitrogen and oxygen atoms in total. The molecule has 0 radical (unpaired) electrons. The Labute approximate surface area is 179 Å². The molecule has 4 rings (SSSR count). The van der Waals surface area contributed by atoms with Crippen molar-refractivity contribution in [2.75, 3.05) is 7.05 Å². The summed E-state index contributed by atoms with van der Waals surface area (Å²) >= 11 is 12.1. The third-order valence-corrected chi connectivity index (χ3v) is 5.39. The van der Waals surface area contributed by atoms with Gasteiger partial charge in [-0.1, -0.05) is 53.5 Å². The van der Waals surface area contributed by atoms with Crippen LogP contribution in [0.25, 0.3) is 6.08 Å². The highest BCUT2D eigenvalue weighted by molar-refractivity contribution is 6.30. The standard InChI is InChI=1S/C23H18Cl2N2O2/c1-27-21(16-4-8-18(24)9-5-16)22(17-6-10-19(25)11-7-17)29-20(23(27)28)13-15-3-2-12-26-14-15/h2-14,21-22H,1H3/t21-,22+/m0/s1. The fourth-order valence-corrected chi connectivity index (χ4v) is 3.68. The Morgan fingerprint density at radius 3 is 2.17 bits per heavy atom. The van der Waals surface area contributed by atoms with Crippen molar-refractivity contribution in [3.05, 3.63) is 106 Å². The topological polar surface area (TPSA) is 42.4 Å². The lowest BCUT2D eigenvalue weighted by molar-refractivity contribution is -0.144. The fourth-order valence-electron chi connectivity index (χ4n) is 3.42. The van der Waals surface area contributed by atoms with E-state index in [-0.39, 0.29) is 17.7 Å². The van der Waals surface area contributed by atoms with Crippen LogP contribution in [0.5, 0.6) is 0 Å². The number of hydrogen-bond acceptors (Lipinski definition) is 3. The van der Waals surface area contributed by atoms with E-state index in [1.807, 2.05) is 60.7 Å². The van der Waals surface area contributed by atoms with Crippen LogP contribution in [-0.4, -0.2) is 22.8 Å². The van der Waals surface area contributed by atoms with E-state index in [0.29, 0.717) is 10.0 Å². The molecule has 29 heavy (non-hydrogen) atoms. The largest absolute Gasteiger partial charge is 0.477 e. The summed E-state index contributed by atoms with van der Waals surface area (Å²) in [6.45, 7) is 0. The van der Waals surface area contributed by atoms with Crippen LogP contribution < -0.4 is 0 Å². The number of hydrogen-bond donors (Lipinski definition) is 0. The summed E-state index contributed by atoms with van der Waals surface area (Å²) in [5.74, 6) is 0.0738. The molecule has 146 valence electrons. The Balaban J connectivity index is 1.78. The quantitative estimate of drug-likeness (QED) is 0.506. The summed E-state index contributed by atoms with van der Waals surface area (Å²) in [6, 6.07) is 18.3. The van der Waals surface area contributed by atoms with Crippen LogP contribution in [0, 0.1) is 0 Å². The SMILES string of the molecule is CN1C(=O)C(=Cc2cccnc2)O[C@H](c2ccc(Cl)cc2)[C@@H]1c1ccc(Cl)cc1. The summed E-state index contributed by atoms with van der Waals surface area (Å²) in [5.41, 5.74) is 2.65. The van der Waals surface area contributed by atoms with Gasteiger partial charge in [0.1, 0.15) is 6.10 Å². The van der Waals surface area contributed by atoms with Gasteiger partial charge in [-0.05, 0) is 53.1 Å². The molecule has 1 aromatic heterocycles. The van der Waals surface area contributed by atoms with E-state index < -0.39 is 6.10 Å². The average molecular weight is 425 g/mol. The summed E-state index contributed by atoms with van der Waals surface area (Å²) in [7, 11) is 1.78. The maximum atomic E-state index is 13.1. The minimum atomic E-state index is -0.404. The van der Waals surface area contributed by atoms with Crippen LogP contribution in [0.1, 0.15) is 28.8 Å². The van der Waals surface area contributed by atoms with E-state index in [1.54, 1.807) is 30.4 Å². The minimum absolute atomic E-state index is 0.195. The predicted molar refractivity (Wildman–Crippen MR) is 114 cm³/mol. The molecule has 0 N–H and O–H groups in total. The van der Waals surface area contributed by atoms with Crippen molar-refractivity contribution in [3.63, 3.8) is 0 Å². The molecular weight excluding hydrogens is 407 g/mol. The number of nitrogens with zero attached hydrogens (tertiary/aromatic N) is 2. The first kappa shape index (κ1) is 19.5. The second kappa shape index (κ2) is 8.27. The zero-order valence-corrected chi connectivity index (χ0v) is 17.1. The van der Waals surface area contributed by atoms with Gasteiger partial charge < -0.3 is 9.64 Å². The minimum Gasteiger partial charge on any atom is -0.477 e. The second-order valence-corrected chi connectivity index (χ2v) is 7.67. The van der Waals surface area contributed by atoms with Gasteiger partial charge in [-0.3, -0.25) is 9.78 Å². The summed E-state index contributed by atoms with van der Waals surface area (Å²) < 4.78 is 6.26. The number of likely N-dealkylation sites (N-methyl/N-ethyl adjacent to an activating group) is 1. The van der Waals surface area contributed by atoms with Crippen LogP contribution in [-0.2, 0) is 9.53 Å². The lowest BCUT2D eigenvalue weighted by Crippen LogP contribution is -2.42. The Morgan fingerprint density at radius 2 is 1.59 bits per heavy atom. The molecule has 0 bridgehead atoms. The lowest BCUT2D eigenvalue weighted by atomic mass is 9.92. The second-order valence-electron chi connectivity index (χ2n) is 6.80. The number of benzene rings is 2. The van der Waals surface area contributed by atoms with Crippen molar-refractivity contribution in [2.45, 2.75) is 12.1 Å². The lowest BCUT2D eigenvalue weighted by Gasteiger charge is -2.40. The number of aromatic nitrogens is 1. The molecule has 2 atom stereocenters. The maximum absolute atomic E-state index is 13.1. The number of ether oxygens (including phenoxy) is 1. The van der Waals surface area contributed by atoms with Gasteiger partial charge in [0.05, 0.1) is 6.04 Å². The van der Waals surface area contributed by atoms with Crippen molar-refractivity contribution in [2.24, 2.45) is 0 Å². The summed E-state index contributed by atoms with van der Waals surface area (Å²) in [4.78, 5) is 18.9. The van der Waals surface area contributed by atoms with Gasteiger partial charge in [-0.2, -0.15) is 0 Å². The first-order chi connectivity index (χ1) is 14.0. The molecule has 0 aliphatic carbocycles. The number of halogens is 2. The van der Waals surface area contributed by atoms with Crippen LogP contribution >= 0.6 is 23.2 Å². The normalized spacial score (nSPS) is 20.6. The average Bonchev–Trinajstić information content (AvgIpc) is 2.74. The summed E-state index contributed by atoms with van der Waals surface area (Å²) in [5, 5.41) is 1.28. The smallest absolute Gasteiger partial charge is 0.289 e. The van der Waals surface area contributed by atoms with Gasteiger partial charge in [-0.15, -0.1) is 0 Å². The molecule has 3 aromatic rings. The third-order valence-electron chi connectivity index (χ3n) is 4.88. The molecular formula is C23H18Cl2N2O2. The van der Waals surface area contributed by atoms with Gasteiger partial charge in [0.25, 0.3) is 5.91 Å². The van der Waals surface area contributed by atoms with Crippen LogP contribution in [0.15, 0.2) is 78.8 Å². The fraction of sp³-hybridized carbons (Fsp3) is 0.130.